The van der Waals surface area contributed by atoms with Gasteiger partial charge in [-0.1, -0.05) is 52.2 Å². The van der Waals surface area contributed by atoms with Crippen molar-refractivity contribution >= 4 is 23.8 Å². The van der Waals surface area contributed by atoms with Crippen LogP contribution >= 0.6 is 0 Å². The van der Waals surface area contributed by atoms with Crippen LogP contribution in [0.3, 0.4) is 0 Å². The fraction of sp³-hybridized carbons (Fsp3) is 0.769. The molecule has 0 bridgehead atoms. The van der Waals surface area contributed by atoms with Crippen molar-refractivity contribution in [3.05, 3.63) is 29.8 Å². The minimum Gasteiger partial charge on any atom is -0.412 e. The van der Waals surface area contributed by atoms with Gasteiger partial charge in [-0.3, -0.25) is 0 Å². The van der Waals surface area contributed by atoms with Gasteiger partial charge < -0.3 is 9.33 Å². The summed E-state index contributed by atoms with van der Waals surface area (Å²) in [6.45, 7) is 17.2. The molecule has 2 rings (SSSR count). The Balaban J connectivity index is 1.68. The Hall–Kier alpha value is -0.853. The highest BCUT2D eigenvalue weighted by Crippen LogP contribution is 2.38. The van der Waals surface area contributed by atoms with Crippen LogP contribution in [0.5, 0.6) is 0 Å². The molecule has 4 nitrogen and oxygen atoms in total. The van der Waals surface area contributed by atoms with Crippen LogP contribution in [0.1, 0.15) is 78.7 Å². The van der Waals surface area contributed by atoms with Gasteiger partial charge in [-0.05, 0) is 75.4 Å². The quantitative estimate of drug-likeness (QED) is 0.249. The van der Waals surface area contributed by atoms with Crippen LogP contribution in [0.2, 0.25) is 18.1 Å². The van der Waals surface area contributed by atoms with Crippen LogP contribution in [-0.2, 0) is 20.7 Å². The fourth-order valence-electron chi connectivity index (χ4n) is 3.92. The third kappa shape index (κ3) is 8.18. The Labute approximate surface area is 199 Å². The molecular formula is C26H47NO3SSi. The summed E-state index contributed by atoms with van der Waals surface area (Å²) in [5, 5.41) is 0.00930. The number of sulfone groups is 1. The lowest BCUT2D eigenvalue weighted by atomic mass is 10.1. The second kappa shape index (κ2) is 11.5. The van der Waals surface area contributed by atoms with Crippen molar-refractivity contribution in [3.63, 3.8) is 0 Å². The van der Waals surface area contributed by atoms with Crippen molar-refractivity contribution in [2.75, 3.05) is 23.7 Å². The van der Waals surface area contributed by atoms with Gasteiger partial charge in [0, 0.05) is 18.8 Å². The van der Waals surface area contributed by atoms with E-state index in [0.717, 1.165) is 45.2 Å². The lowest BCUT2D eigenvalue weighted by Gasteiger charge is -2.38. The van der Waals surface area contributed by atoms with E-state index in [4.69, 9.17) is 4.43 Å². The topological polar surface area (TPSA) is 46.6 Å². The first-order valence-corrected chi connectivity index (χ1v) is 17.2. The van der Waals surface area contributed by atoms with Crippen LogP contribution < -0.4 is 4.90 Å². The van der Waals surface area contributed by atoms with E-state index in [0.29, 0.717) is 11.9 Å². The zero-order chi connectivity index (χ0) is 24.0. The Morgan fingerprint density at radius 2 is 1.62 bits per heavy atom. The van der Waals surface area contributed by atoms with Gasteiger partial charge >= 0.3 is 0 Å². The van der Waals surface area contributed by atoms with E-state index in [9.17, 15) is 8.42 Å². The second-order valence-corrected chi connectivity index (χ2v) is 18.8. The van der Waals surface area contributed by atoms with Gasteiger partial charge in [0.15, 0.2) is 18.2 Å². The first-order chi connectivity index (χ1) is 14.8. The molecular weight excluding hydrogens is 434 g/mol. The van der Waals surface area contributed by atoms with Gasteiger partial charge in [0.1, 0.15) is 0 Å². The molecule has 1 aliphatic heterocycles. The molecule has 0 N–H and O–H groups in total. The zero-order valence-corrected chi connectivity index (χ0v) is 23.4. The Bertz CT molecular complexity index is 797. The normalized spacial score (nSPS) is 18.0. The summed E-state index contributed by atoms with van der Waals surface area (Å²) >= 11 is 0. The standard InChI is InChI=1S/C26H47NO3SSi/c1-22(2)31(28,29)20-12-10-8-9-11-13-23-14-16-24(17-15-23)27-19-18-25(21-27)30-32(6,7)26(3,4)5/h14-17,22,25H,8-13,18-21H2,1-7H3. The molecule has 0 spiro atoms. The first-order valence-electron chi connectivity index (χ1n) is 12.5. The molecule has 1 fully saturated rings. The lowest BCUT2D eigenvalue weighted by molar-refractivity contribution is 0.202. The maximum atomic E-state index is 11.8. The predicted molar refractivity (Wildman–Crippen MR) is 141 cm³/mol. The smallest absolute Gasteiger partial charge is 0.192 e. The number of hydrogen-bond acceptors (Lipinski definition) is 4. The number of unbranched alkanes of at least 4 members (excludes halogenated alkanes) is 4. The summed E-state index contributed by atoms with van der Waals surface area (Å²) in [5.41, 5.74) is 2.70. The minimum absolute atomic E-state index is 0.248. The molecule has 0 saturated carbocycles. The fourth-order valence-corrected chi connectivity index (χ4v) is 6.38. The molecule has 6 heteroatoms. The van der Waals surface area contributed by atoms with Crippen molar-refractivity contribution in [1.82, 2.24) is 0 Å². The molecule has 1 aromatic rings. The number of anilines is 1. The van der Waals surface area contributed by atoms with Crippen molar-refractivity contribution in [1.29, 1.82) is 0 Å². The van der Waals surface area contributed by atoms with Crippen LogP contribution in [0.4, 0.5) is 5.69 Å². The van der Waals surface area contributed by atoms with Gasteiger partial charge in [-0.25, -0.2) is 8.42 Å². The van der Waals surface area contributed by atoms with E-state index < -0.39 is 18.2 Å². The van der Waals surface area contributed by atoms with Crippen molar-refractivity contribution < 1.29 is 12.8 Å². The molecule has 1 aromatic carbocycles. The number of aryl methyl sites for hydroxylation is 1. The summed E-state index contributed by atoms with van der Waals surface area (Å²) in [6.07, 6.45) is 7.84. The van der Waals surface area contributed by atoms with Crippen molar-refractivity contribution in [2.45, 2.75) is 109 Å². The average Bonchev–Trinajstić information content (AvgIpc) is 3.14. The number of nitrogens with zero attached hydrogens (tertiary/aromatic N) is 1. The molecule has 0 radical (unpaired) electrons. The van der Waals surface area contributed by atoms with Gasteiger partial charge in [0.25, 0.3) is 0 Å². The number of hydrogen-bond donors (Lipinski definition) is 0. The van der Waals surface area contributed by atoms with Crippen molar-refractivity contribution in [2.24, 2.45) is 0 Å². The van der Waals surface area contributed by atoms with Crippen molar-refractivity contribution in [3.8, 4) is 0 Å². The van der Waals surface area contributed by atoms with E-state index in [1.807, 2.05) is 0 Å². The van der Waals surface area contributed by atoms with Gasteiger partial charge in [0.05, 0.1) is 17.1 Å². The highest BCUT2D eigenvalue weighted by molar-refractivity contribution is 7.91. The largest absolute Gasteiger partial charge is 0.412 e. The molecule has 0 aromatic heterocycles. The molecule has 1 heterocycles. The summed E-state index contributed by atoms with van der Waals surface area (Å²) in [4.78, 5) is 2.47. The van der Waals surface area contributed by atoms with Crippen LogP contribution in [0.15, 0.2) is 24.3 Å². The maximum absolute atomic E-state index is 11.8. The third-order valence-electron chi connectivity index (χ3n) is 7.33. The van der Waals surface area contributed by atoms with E-state index in [1.54, 1.807) is 13.8 Å². The molecule has 184 valence electrons. The van der Waals surface area contributed by atoms with E-state index in [2.05, 4.69) is 63.0 Å². The average molecular weight is 482 g/mol. The van der Waals surface area contributed by atoms with Gasteiger partial charge in [0.2, 0.25) is 0 Å². The first kappa shape index (κ1) is 27.4. The molecule has 0 aliphatic carbocycles. The Kier molecular flexibility index (Phi) is 9.86. The minimum atomic E-state index is -2.87. The molecule has 1 atom stereocenters. The maximum Gasteiger partial charge on any atom is 0.192 e. The summed E-state index contributed by atoms with van der Waals surface area (Å²) in [7, 11) is -4.58. The molecule has 1 unspecified atom stereocenters. The summed E-state index contributed by atoms with van der Waals surface area (Å²) in [5.74, 6) is 0.338. The lowest BCUT2D eigenvalue weighted by Crippen LogP contribution is -2.44. The van der Waals surface area contributed by atoms with Crippen LogP contribution in [0, 0.1) is 0 Å². The van der Waals surface area contributed by atoms with Gasteiger partial charge in [-0.15, -0.1) is 0 Å². The monoisotopic (exact) mass is 481 g/mol. The molecule has 32 heavy (non-hydrogen) atoms. The highest BCUT2D eigenvalue weighted by atomic mass is 32.2. The van der Waals surface area contributed by atoms with E-state index in [1.165, 1.54) is 24.1 Å². The molecule has 1 saturated heterocycles. The van der Waals surface area contributed by atoms with E-state index in [-0.39, 0.29) is 10.3 Å². The Morgan fingerprint density at radius 1 is 1.03 bits per heavy atom. The SMILES string of the molecule is CC(C)S(=O)(=O)CCCCCCCc1ccc(N2CCC(O[Si](C)(C)C(C)(C)C)C2)cc1. The van der Waals surface area contributed by atoms with Crippen LogP contribution in [-0.4, -0.2) is 46.9 Å². The zero-order valence-electron chi connectivity index (χ0n) is 21.6. The number of rotatable bonds is 12. The summed E-state index contributed by atoms with van der Waals surface area (Å²) < 4.78 is 30.3. The Morgan fingerprint density at radius 3 is 2.22 bits per heavy atom. The van der Waals surface area contributed by atoms with E-state index >= 15 is 0 Å². The van der Waals surface area contributed by atoms with Crippen LogP contribution in [0.25, 0.3) is 0 Å². The third-order valence-corrected chi connectivity index (χ3v) is 14.2. The molecule has 1 aliphatic rings. The van der Waals surface area contributed by atoms with Gasteiger partial charge in [-0.2, -0.15) is 0 Å². The highest BCUT2D eigenvalue weighted by Gasteiger charge is 2.40. The number of benzene rings is 1. The predicted octanol–water partition coefficient (Wildman–Crippen LogP) is 6.60. The molecule has 0 amide bonds. The second-order valence-electron chi connectivity index (χ2n) is 11.3. The summed E-state index contributed by atoms with van der Waals surface area (Å²) in [6, 6.07) is 9.07.